The van der Waals surface area contributed by atoms with E-state index in [1.807, 2.05) is 12.1 Å². The number of hydrogen-bond donors (Lipinski definition) is 0. The Labute approximate surface area is 228 Å². The quantitative estimate of drug-likeness (QED) is 0.162. The summed E-state index contributed by atoms with van der Waals surface area (Å²) in [5, 5.41) is 0. The van der Waals surface area contributed by atoms with Crippen molar-refractivity contribution in [2.24, 2.45) is 0 Å². The van der Waals surface area contributed by atoms with Crippen molar-refractivity contribution in [1.82, 2.24) is 4.90 Å². The lowest BCUT2D eigenvalue weighted by Gasteiger charge is -2.20. The van der Waals surface area contributed by atoms with Gasteiger partial charge >= 0.3 is 0 Å². The van der Waals surface area contributed by atoms with Crippen LogP contribution in [-0.4, -0.2) is 29.9 Å². The molecule has 4 nitrogen and oxygen atoms in total. The van der Waals surface area contributed by atoms with E-state index in [0.717, 1.165) is 63.5 Å². The number of ether oxygens (including phenoxy) is 1. The van der Waals surface area contributed by atoms with Crippen LogP contribution in [-0.2, 0) is 19.3 Å². The summed E-state index contributed by atoms with van der Waals surface area (Å²) in [6.45, 7) is 7.90. The van der Waals surface area contributed by atoms with Crippen LogP contribution in [0.15, 0.2) is 60.7 Å². The Kier molecular flexibility index (Phi) is 9.75. The second-order valence-electron chi connectivity index (χ2n) is 10.1. The molecule has 2 amide bonds. The molecule has 1 aliphatic rings. The Bertz CT molecular complexity index is 1210. The van der Waals surface area contributed by atoms with Gasteiger partial charge in [-0.1, -0.05) is 88.9 Å². The van der Waals surface area contributed by atoms with Crippen LogP contribution in [0.1, 0.15) is 96.7 Å². The van der Waals surface area contributed by atoms with E-state index in [-0.39, 0.29) is 11.8 Å². The Morgan fingerprint density at radius 3 is 1.66 bits per heavy atom. The molecule has 0 radical (unpaired) electrons. The first-order valence-electron chi connectivity index (χ1n) is 14.4. The molecular formula is C34H41NO3. The molecule has 4 heteroatoms. The van der Waals surface area contributed by atoms with Crippen LogP contribution >= 0.6 is 0 Å². The van der Waals surface area contributed by atoms with E-state index in [1.165, 1.54) is 32.7 Å². The molecule has 0 aliphatic carbocycles. The summed E-state index contributed by atoms with van der Waals surface area (Å²) >= 11 is 0. The van der Waals surface area contributed by atoms with Crippen molar-refractivity contribution in [2.45, 2.75) is 78.6 Å². The number of unbranched alkanes of at least 4 members (excludes halogenated alkanes) is 5. The molecule has 1 aliphatic heterocycles. The summed E-state index contributed by atoms with van der Waals surface area (Å²) < 4.78 is 6.40. The third-order valence-corrected chi connectivity index (χ3v) is 7.65. The molecule has 0 N–H and O–H groups in total. The van der Waals surface area contributed by atoms with Crippen LogP contribution in [0.2, 0.25) is 0 Å². The number of benzene rings is 3. The maximum absolute atomic E-state index is 12.5. The van der Waals surface area contributed by atoms with Crippen molar-refractivity contribution in [3.63, 3.8) is 0 Å². The topological polar surface area (TPSA) is 46.6 Å². The van der Waals surface area contributed by atoms with Gasteiger partial charge in [-0.3, -0.25) is 14.5 Å². The summed E-state index contributed by atoms with van der Waals surface area (Å²) in [6, 6.07) is 20.3. The Balaban J connectivity index is 1.23. The van der Waals surface area contributed by atoms with Gasteiger partial charge in [0.25, 0.3) is 11.8 Å². The van der Waals surface area contributed by atoms with E-state index in [4.69, 9.17) is 4.74 Å². The SMILES string of the molecule is CCc1cccc(CC)c1-c1c(CC)cccc1OCCCCCCCCN1C(=O)c2ccccc2C1=O. The van der Waals surface area contributed by atoms with E-state index in [1.54, 1.807) is 12.1 Å². The normalized spacial score (nSPS) is 12.8. The molecule has 200 valence electrons. The van der Waals surface area contributed by atoms with Gasteiger partial charge in [-0.2, -0.15) is 0 Å². The molecule has 0 bridgehead atoms. The number of amides is 2. The first-order chi connectivity index (χ1) is 18.6. The molecule has 3 aromatic carbocycles. The van der Waals surface area contributed by atoms with Gasteiger partial charge in [0.15, 0.2) is 0 Å². The number of fused-ring (bicyclic) bond motifs is 1. The molecule has 0 saturated carbocycles. The van der Waals surface area contributed by atoms with Crippen molar-refractivity contribution < 1.29 is 14.3 Å². The van der Waals surface area contributed by atoms with Gasteiger partial charge in [-0.15, -0.1) is 0 Å². The van der Waals surface area contributed by atoms with Crippen LogP contribution < -0.4 is 4.74 Å². The van der Waals surface area contributed by atoms with E-state index >= 15 is 0 Å². The van der Waals surface area contributed by atoms with Gasteiger partial charge in [-0.25, -0.2) is 0 Å². The fraction of sp³-hybridized carbons (Fsp3) is 0.412. The van der Waals surface area contributed by atoms with Crippen LogP contribution in [0.25, 0.3) is 11.1 Å². The number of carbonyl (C=O) groups excluding carboxylic acids is 2. The maximum Gasteiger partial charge on any atom is 0.261 e. The lowest BCUT2D eigenvalue weighted by molar-refractivity contribution is 0.0651. The number of aryl methyl sites for hydroxylation is 3. The summed E-state index contributed by atoms with van der Waals surface area (Å²) in [6.07, 6.45) is 9.23. The molecular weight excluding hydrogens is 470 g/mol. The van der Waals surface area contributed by atoms with Crippen molar-refractivity contribution >= 4 is 11.8 Å². The third-order valence-electron chi connectivity index (χ3n) is 7.65. The van der Waals surface area contributed by atoms with Crippen molar-refractivity contribution in [2.75, 3.05) is 13.2 Å². The second-order valence-corrected chi connectivity index (χ2v) is 10.1. The standard InChI is InChI=1S/C34H41NO3/c1-4-25-17-15-18-26(5-2)31(25)32-27(6-3)19-16-22-30(32)38-24-14-10-8-7-9-13-23-35-33(36)28-20-11-12-21-29(28)34(35)37/h11-12,15-22H,4-10,13-14,23-24H2,1-3H3. The van der Waals surface area contributed by atoms with E-state index in [2.05, 4.69) is 57.2 Å². The summed E-state index contributed by atoms with van der Waals surface area (Å²) in [7, 11) is 0. The molecule has 4 rings (SSSR count). The predicted octanol–water partition coefficient (Wildman–Crippen LogP) is 8.06. The average molecular weight is 512 g/mol. The highest BCUT2D eigenvalue weighted by Gasteiger charge is 2.34. The first-order valence-corrected chi connectivity index (χ1v) is 14.4. The summed E-state index contributed by atoms with van der Waals surface area (Å²) in [4.78, 5) is 26.4. The van der Waals surface area contributed by atoms with Gasteiger partial charge in [0, 0.05) is 12.1 Å². The molecule has 0 unspecified atom stereocenters. The molecule has 3 aromatic rings. The minimum absolute atomic E-state index is 0.151. The number of nitrogens with zero attached hydrogens (tertiary/aromatic N) is 1. The Hall–Kier alpha value is -3.40. The van der Waals surface area contributed by atoms with Crippen molar-refractivity contribution in [3.05, 3.63) is 88.5 Å². The Morgan fingerprint density at radius 1 is 0.579 bits per heavy atom. The molecule has 0 aromatic heterocycles. The highest BCUT2D eigenvalue weighted by atomic mass is 16.5. The molecule has 38 heavy (non-hydrogen) atoms. The Morgan fingerprint density at radius 2 is 1.08 bits per heavy atom. The zero-order chi connectivity index (χ0) is 26.9. The predicted molar refractivity (Wildman–Crippen MR) is 155 cm³/mol. The lowest BCUT2D eigenvalue weighted by Crippen LogP contribution is -2.30. The monoisotopic (exact) mass is 511 g/mol. The van der Waals surface area contributed by atoms with Crippen molar-refractivity contribution in [3.8, 4) is 16.9 Å². The number of rotatable bonds is 14. The van der Waals surface area contributed by atoms with E-state index in [9.17, 15) is 9.59 Å². The van der Waals surface area contributed by atoms with Gasteiger partial charge in [0.2, 0.25) is 0 Å². The van der Waals surface area contributed by atoms with Crippen LogP contribution in [0.5, 0.6) is 5.75 Å². The fourth-order valence-electron chi connectivity index (χ4n) is 5.54. The average Bonchev–Trinajstić information content (AvgIpc) is 3.20. The van der Waals surface area contributed by atoms with Gasteiger partial charge < -0.3 is 4.74 Å². The highest BCUT2D eigenvalue weighted by molar-refractivity contribution is 6.21. The second kappa shape index (κ2) is 13.4. The van der Waals surface area contributed by atoms with Crippen LogP contribution in [0.3, 0.4) is 0 Å². The minimum Gasteiger partial charge on any atom is -0.493 e. The highest BCUT2D eigenvalue weighted by Crippen LogP contribution is 2.39. The maximum atomic E-state index is 12.5. The minimum atomic E-state index is -0.151. The molecule has 0 atom stereocenters. The molecule has 0 saturated heterocycles. The molecule has 0 spiro atoms. The van der Waals surface area contributed by atoms with Crippen LogP contribution in [0, 0.1) is 0 Å². The van der Waals surface area contributed by atoms with E-state index < -0.39 is 0 Å². The van der Waals surface area contributed by atoms with Gasteiger partial charge in [0.05, 0.1) is 17.7 Å². The number of hydrogen-bond acceptors (Lipinski definition) is 3. The largest absolute Gasteiger partial charge is 0.493 e. The lowest BCUT2D eigenvalue weighted by atomic mass is 9.88. The summed E-state index contributed by atoms with van der Waals surface area (Å²) in [5.41, 5.74) is 7.83. The molecule has 1 heterocycles. The zero-order valence-electron chi connectivity index (χ0n) is 23.2. The van der Waals surface area contributed by atoms with E-state index in [0.29, 0.717) is 24.3 Å². The van der Waals surface area contributed by atoms with Gasteiger partial charge in [-0.05, 0) is 72.6 Å². The number of carbonyl (C=O) groups is 2. The van der Waals surface area contributed by atoms with Gasteiger partial charge in [0.1, 0.15) is 5.75 Å². The van der Waals surface area contributed by atoms with Crippen LogP contribution in [0.4, 0.5) is 0 Å². The van der Waals surface area contributed by atoms with Crippen molar-refractivity contribution in [1.29, 1.82) is 0 Å². The zero-order valence-corrected chi connectivity index (χ0v) is 23.2. The summed E-state index contributed by atoms with van der Waals surface area (Å²) in [5.74, 6) is 0.699. The fourth-order valence-corrected chi connectivity index (χ4v) is 5.54. The first kappa shape index (κ1) is 27.6. The molecule has 0 fully saturated rings. The third kappa shape index (κ3) is 6.01. The number of imide groups is 1. The smallest absolute Gasteiger partial charge is 0.261 e.